The maximum atomic E-state index is 12.6. The van der Waals surface area contributed by atoms with Gasteiger partial charge in [0.05, 0.1) is 0 Å². The highest BCUT2D eigenvalue weighted by Crippen LogP contribution is 2.25. The summed E-state index contributed by atoms with van der Waals surface area (Å²) in [7, 11) is -4.58. The first-order valence-electron chi connectivity index (χ1n) is 4.39. The van der Waals surface area contributed by atoms with Gasteiger partial charge in [0.2, 0.25) is 0 Å². The lowest BCUT2D eigenvalue weighted by Crippen LogP contribution is -2.12. The highest BCUT2D eigenvalue weighted by Gasteiger charge is 2.15. The molecular formula is C9H10FNO2S. The van der Waals surface area contributed by atoms with Gasteiger partial charge in [0.25, 0.3) is 0 Å². The van der Waals surface area contributed by atoms with Crippen LogP contribution in [0.2, 0.25) is 0 Å². The van der Waals surface area contributed by atoms with Crippen molar-refractivity contribution in [2.45, 2.75) is 17.7 Å². The largest absolute Gasteiger partial charge is 0.385 e. The maximum Gasteiger partial charge on any atom is 0.332 e. The van der Waals surface area contributed by atoms with E-state index >= 15 is 0 Å². The molecule has 0 radical (unpaired) electrons. The molecule has 0 unspecified atom stereocenters. The average molecular weight is 215 g/mol. The Kier molecular flexibility index (Phi) is 2.19. The smallest absolute Gasteiger partial charge is 0.332 e. The zero-order valence-electron chi connectivity index (χ0n) is 7.46. The summed E-state index contributed by atoms with van der Waals surface area (Å²) in [5, 5.41) is 3.04. The van der Waals surface area contributed by atoms with Crippen molar-refractivity contribution < 1.29 is 12.3 Å². The minimum atomic E-state index is -4.58. The number of rotatable bonds is 1. The molecule has 1 aromatic rings. The van der Waals surface area contributed by atoms with Crippen molar-refractivity contribution in [3.8, 4) is 0 Å². The summed E-state index contributed by atoms with van der Waals surface area (Å²) in [6.07, 6.45) is 1.93. The second-order valence-electron chi connectivity index (χ2n) is 3.29. The van der Waals surface area contributed by atoms with Crippen LogP contribution in [0.5, 0.6) is 0 Å². The normalized spacial score (nSPS) is 15.8. The molecule has 0 spiro atoms. The van der Waals surface area contributed by atoms with Crippen molar-refractivity contribution in [2.75, 3.05) is 11.9 Å². The first-order chi connectivity index (χ1) is 6.57. The number of aryl methyl sites for hydroxylation is 1. The van der Waals surface area contributed by atoms with Gasteiger partial charge in [-0.2, -0.15) is 8.42 Å². The lowest BCUT2D eigenvalue weighted by Gasteiger charge is -2.17. The van der Waals surface area contributed by atoms with Crippen LogP contribution in [-0.4, -0.2) is 15.0 Å². The van der Waals surface area contributed by atoms with Crippen LogP contribution < -0.4 is 5.32 Å². The molecule has 2 rings (SSSR count). The number of benzene rings is 1. The topological polar surface area (TPSA) is 46.2 Å². The van der Waals surface area contributed by atoms with Gasteiger partial charge in [0, 0.05) is 12.2 Å². The Balaban J connectivity index is 2.49. The number of halogens is 1. The third-order valence-electron chi connectivity index (χ3n) is 2.30. The van der Waals surface area contributed by atoms with Gasteiger partial charge in [0.15, 0.2) is 0 Å². The standard InChI is InChI=1S/C9H10FNO2S/c10-14(12,13)8-4-3-7-2-1-5-11-9(7)6-8/h3-4,6,11H,1-2,5H2. The highest BCUT2D eigenvalue weighted by molar-refractivity contribution is 7.86. The Bertz CT molecular complexity index is 456. The molecule has 0 amide bonds. The first-order valence-corrected chi connectivity index (χ1v) is 5.77. The number of fused-ring (bicyclic) bond motifs is 1. The fourth-order valence-corrected chi connectivity index (χ4v) is 2.08. The van der Waals surface area contributed by atoms with Gasteiger partial charge in [-0.3, -0.25) is 0 Å². The molecule has 0 bridgehead atoms. The molecule has 0 saturated heterocycles. The van der Waals surface area contributed by atoms with Gasteiger partial charge in [-0.15, -0.1) is 3.89 Å². The van der Waals surface area contributed by atoms with Crippen LogP contribution in [0.15, 0.2) is 23.1 Å². The molecule has 0 saturated carbocycles. The van der Waals surface area contributed by atoms with Crippen molar-refractivity contribution in [3.05, 3.63) is 23.8 Å². The first kappa shape index (κ1) is 9.45. The molecule has 1 aliphatic heterocycles. The SMILES string of the molecule is O=S(=O)(F)c1ccc2c(c1)NCCC2. The number of hydrogen-bond acceptors (Lipinski definition) is 3. The summed E-state index contributed by atoms with van der Waals surface area (Å²) >= 11 is 0. The summed E-state index contributed by atoms with van der Waals surface area (Å²) in [6.45, 7) is 0.808. The monoisotopic (exact) mass is 215 g/mol. The zero-order valence-corrected chi connectivity index (χ0v) is 8.27. The summed E-state index contributed by atoms with van der Waals surface area (Å²) in [4.78, 5) is -0.273. The van der Waals surface area contributed by atoms with E-state index in [2.05, 4.69) is 5.32 Å². The third kappa shape index (κ3) is 1.72. The summed E-state index contributed by atoms with van der Waals surface area (Å²) in [5.74, 6) is 0. The Hall–Kier alpha value is -1.10. The Labute approximate surface area is 82.2 Å². The van der Waals surface area contributed by atoms with E-state index in [0.29, 0.717) is 0 Å². The minimum absolute atomic E-state index is 0.273. The van der Waals surface area contributed by atoms with E-state index < -0.39 is 10.2 Å². The van der Waals surface area contributed by atoms with E-state index in [1.807, 2.05) is 0 Å². The van der Waals surface area contributed by atoms with E-state index in [1.165, 1.54) is 12.1 Å². The van der Waals surface area contributed by atoms with E-state index in [0.717, 1.165) is 30.6 Å². The van der Waals surface area contributed by atoms with Crippen molar-refractivity contribution in [3.63, 3.8) is 0 Å². The van der Waals surface area contributed by atoms with E-state index in [1.54, 1.807) is 6.07 Å². The molecule has 1 heterocycles. The van der Waals surface area contributed by atoms with E-state index in [9.17, 15) is 12.3 Å². The maximum absolute atomic E-state index is 12.6. The van der Waals surface area contributed by atoms with Crippen LogP contribution in [-0.2, 0) is 16.6 Å². The van der Waals surface area contributed by atoms with Gasteiger partial charge < -0.3 is 5.32 Å². The zero-order chi connectivity index (χ0) is 10.2. The molecule has 0 atom stereocenters. The quantitative estimate of drug-likeness (QED) is 0.725. The molecule has 14 heavy (non-hydrogen) atoms. The summed E-state index contributed by atoms with van der Waals surface area (Å²) in [6, 6.07) is 4.32. The predicted octanol–water partition coefficient (Wildman–Crippen LogP) is 1.70. The Morgan fingerprint density at radius 3 is 2.86 bits per heavy atom. The van der Waals surface area contributed by atoms with Gasteiger partial charge in [-0.05, 0) is 30.5 Å². The van der Waals surface area contributed by atoms with Gasteiger partial charge in [-0.25, -0.2) is 0 Å². The molecule has 3 nitrogen and oxygen atoms in total. The molecule has 1 aliphatic rings. The van der Waals surface area contributed by atoms with Crippen LogP contribution in [0.25, 0.3) is 0 Å². The summed E-state index contributed by atoms with van der Waals surface area (Å²) < 4.78 is 33.9. The molecule has 5 heteroatoms. The molecule has 0 aromatic heterocycles. The van der Waals surface area contributed by atoms with Gasteiger partial charge in [-0.1, -0.05) is 6.07 Å². The highest BCUT2D eigenvalue weighted by atomic mass is 32.3. The predicted molar refractivity (Wildman–Crippen MR) is 51.5 cm³/mol. The molecule has 1 aromatic carbocycles. The number of anilines is 1. The van der Waals surface area contributed by atoms with Crippen LogP contribution in [0.4, 0.5) is 9.57 Å². The average Bonchev–Trinajstić information content (AvgIpc) is 2.16. The Morgan fingerprint density at radius 1 is 1.36 bits per heavy atom. The van der Waals surface area contributed by atoms with Gasteiger partial charge >= 0.3 is 10.2 Å². The molecule has 0 aliphatic carbocycles. The Morgan fingerprint density at radius 2 is 2.14 bits per heavy atom. The van der Waals surface area contributed by atoms with Crippen LogP contribution in [0, 0.1) is 0 Å². The van der Waals surface area contributed by atoms with Crippen LogP contribution in [0.3, 0.4) is 0 Å². The van der Waals surface area contributed by atoms with Crippen molar-refractivity contribution >= 4 is 15.9 Å². The third-order valence-corrected chi connectivity index (χ3v) is 3.12. The van der Waals surface area contributed by atoms with Crippen molar-refractivity contribution in [1.82, 2.24) is 0 Å². The second kappa shape index (κ2) is 3.24. The van der Waals surface area contributed by atoms with Crippen molar-refractivity contribution in [2.24, 2.45) is 0 Å². The van der Waals surface area contributed by atoms with E-state index in [-0.39, 0.29) is 4.90 Å². The fraction of sp³-hybridized carbons (Fsp3) is 0.333. The fourth-order valence-electron chi connectivity index (χ4n) is 1.59. The lowest BCUT2D eigenvalue weighted by atomic mass is 10.0. The lowest BCUT2D eigenvalue weighted by molar-refractivity contribution is 0.552. The van der Waals surface area contributed by atoms with Crippen LogP contribution >= 0.6 is 0 Å². The minimum Gasteiger partial charge on any atom is -0.385 e. The second-order valence-corrected chi connectivity index (χ2v) is 4.63. The molecule has 76 valence electrons. The molecule has 1 N–H and O–H groups in total. The molecule has 0 fully saturated rings. The van der Waals surface area contributed by atoms with Crippen LogP contribution in [0.1, 0.15) is 12.0 Å². The van der Waals surface area contributed by atoms with Crippen molar-refractivity contribution in [1.29, 1.82) is 0 Å². The number of nitrogens with one attached hydrogen (secondary N) is 1. The van der Waals surface area contributed by atoms with Gasteiger partial charge in [0.1, 0.15) is 4.90 Å². The summed E-state index contributed by atoms with van der Waals surface area (Å²) in [5.41, 5.74) is 1.78. The number of hydrogen-bond donors (Lipinski definition) is 1. The van der Waals surface area contributed by atoms with E-state index in [4.69, 9.17) is 0 Å². The molecular weight excluding hydrogens is 205 g/mol.